The molecule has 0 saturated heterocycles. The van der Waals surface area contributed by atoms with Gasteiger partial charge in [0.1, 0.15) is 11.3 Å². The smallest absolute Gasteiger partial charge is 0.259 e. The summed E-state index contributed by atoms with van der Waals surface area (Å²) in [5.41, 5.74) is 7.13. The van der Waals surface area contributed by atoms with Gasteiger partial charge in [0.2, 0.25) is 5.88 Å². The molecule has 0 bridgehead atoms. The van der Waals surface area contributed by atoms with Gasteiger partial charge < -0.3 is 20.0 Å². The van der Waals surface area contributed by atoms with Crippen molar-refractivity contribution in [2.45, 2.75) is 25.3 Å². The molecule has 2 heterocycles. The fourth-order valence-corrected chi connectivity index (χ4v) is 2.95. The molecule has 7 heteroatoms. The third-order valence-corrected chi connectivity index (χ3v) is 4.57. The van der Waals surface area contributed by atoms with Crippen molar-refractivity contribution in [3.63, 3.8) is 0 Å². The maximum absolute atomic E-state index is 12.5. The number of hydrogen-bond acceptors (Lipinski definition) is 5. The van der Waals surface area contributed by atoms with Crippen molar-refractivity contribution in [3.05, 3.63) is 47.0 Å². The molecule has 0 aliphatic heterocycles. The number of nitrogen functional groups attached to an aromatic ring is 1. The number of nitrogens with one attached hydrogen (secondary N) is 1. The molecule has 1 aliphatic carbocycles. The zero-order valence-electron chi connectivity index (χ0n) is 13.3. The highest BCUT2D eigenvalue weighted by Crippen LogP contribution is 2.33. The number of nitrogens with zero attached hydrogens (tertiary/aromatic N) is 1. The van der Waals surface area contributed by atoms with Crippen LogP contribution < -0.4 is 11.1 Å². The van der Waals surface area contributed by atoms with E-state index in [0.717, 1.165) is 24.8 Å². The lowest BCUT2D eigenvalue weighted by atomic mass is 9.93. The molecular weight excluding hydrogens is 342 g/mol. The number of carbonyl (C=O) groups is 1. The molecule has 25 heavy (non-hydrogen) atoms. The lowest BCUT2D eigenvalue weighted by Crippen LogP contribution is -2.39. The molecule has 1 saturated carbocycles. The third kappa shape index (κ3) is 3.00. The highest BCUT2D eigenvalue weighted by atomic mass is 35.5. The van der Waals surface area contributed by atoms with Crippen molar-refractivity contribution < 1.29 is 13.7 Å². The van der Waals surface area contributed by atoms with Gasteiger partial charge in [-0.3, -0.25) is 4.79 Å². The summed E-state index contributed by atoms with van der Waals surface area (Å²) < 4.78 is 10.9. The number of halogens is 1. The van der Waals surface area contributed by atoms with Gasteiger partial charge in [-0.1, -0.05) is 28.9 Å². The molecule has 6 nitrogen and oxygen atoms in total. The molecule has 0 unspecified atom stereocenters. The second-order valence-corrected chi connectivity index (χ2v) is 6.48. The van der Waals surface area contributed by atoms with E-state index in [4.69, 9.17) is 26.3 Å². The van der Waals surface area contributed by atoms with E-state index in [-0.39, 0.29) is 23.4 Å². The Balaban J connectivity index is 1.65. The SMILES string of the molecule is Nc1onc(-c2ccc(-c3cccc(Cl)c3)o2)c1C(=O)NC1CCC1. The Morgan fingerprint density at radius 3 is 2.76 bits per heavy atom. The predicted molar refractivity (Wildman–Crippen MR) is 94.2 cm³/mol. The summed E-state index contributed by atoms with van der Waals surface area (Å²) in [4.78, 5) is 12.5. The van der Waals surface area contributed by atoms with Crippen LogP contribution in [0.15, 0.2) is 45.3 Å². The molecule has 1 fully saturated rings. The monoisotopic (exact) mass is 357 g/mol. The molecular formula is C18H16ClN3O3. The molecule has 128 valence electrons. The highest BCUT2D eigenvalue weighted by molar-refractivity contribution is 6.30. The first-order chi connectivity index (χ1) is 12.1. The van der Waals surface area contributed by atoms with E-state index in [9.17, 15) is 4.79 Å². The average Bonchev–Trinajstić information content (AvgIpc) is 3.17. The van der Waals surface area contributed by atoms with E-state index in [1.807, 2.05) is 12.1 Å². The van der Waals surface area contributed by atoms with E-state index >= 15 is 0 Å². The summed E-state index contributed by atoms with van der Waals surface area (Å²) in [6.45, 7) is 0. The molecule has 3 N–H and O–H groups in total. The van der Waals surface area contributed by atoms with Crippen molar-refractivity contribution in [3.8, 4) is 22.8 Å². The lowest BCUT2D eigenvalue weighted by molar-refractivity contribution is 0.0918. The van der Waals surface area contributed by atoms with E-state index < -0.39 is 0 Å². The van der Waals surface area contributed by atoms with Crippen LogP contribution in [0.3, 0.4) is 0 Å². The molecule has 4 rings (SSSR count). The van der Waals surface area contributed by atoms with E-state index in [1.165, 1.54) is 0 Å². The fraction of sp³-hybridized carbons (Fsp3) is 0.222. The van der Waals surface area contributed by atoms with Gasteiger partial charge in [-0.05, 0) is 43.5 Å². The number of aromatic nitrogens is 1. The molecule has 3 aromatic rings. The molecule has 1 amide bonds. The number of amides is 1. The van der Waals surface area contributed by atoms with Gasteiger partial charge in [0.25, 0.3) is 5.91 Å². The van der Waals surface area contributed by atoms with Gasteiger partial charge in [-0.25, -0.2) is 0 Å². The normalized spacial score (nSPS) is 14.3. The summed E-state index contributed by atoms with van der Waals surface area (Å²) in [5.74, 6) is 0.713. The van der Waals surface area contributed by atoms with Crippen molar-refractivity contribution in [1.29, 1.82) is 0 Å². The number of furan rings is 1. The standard InChI is InChI=1S/C18H16ClN3O3/c19-11-4-1-3-10(9-11)13-7-8-14(24-13)16-15(17(20)25-22-16)18(23)21-12-5-2-6-12/h1,3-4,7-9,12H,2,5-6,20H2,(H,21,23). The minimum Gasteiger partial charge on any atom is -0.454 e. The fourth-order valence-electron chi connectivity index (χ4n) is 2.76. The Morgan fingerprint density at radius 2 is 2.04 bits per heavy atom. The number of nitrogens with two attached hydrogens (primary N) is 1. The molecule has 2 aromatic heterocycles. The van der Waals surface area contributed by atoms with Crippen molar-refractivity contribution >= 4 is 23.4 Å². The summed E-state index contributed by atoms with van der Waals surface area (Å²) >= 11 is 6.02. The number of carbonyl (C=O) groups excluding carboxylic acids is 1. The summed E-state index contributed by atoms with van der Waals surface area (Å²) in [6, 6.07) is 11.0. The van der Waals surface area contributed by atoms with Crippen LogP contribution in [0, 0.1) is 0 Å². The lowest BCUT2D eigenvalue weighted by Gasteiger charge is -2.26. The second-order valence-electron chi connectivity index (χ2n) is 6.05. The Bertz CT molecular complexity index is 927. The number of hydrogen-bond donors (Lipinski definition) is 2. The Morgan fingerprint density at radius 1 is 1.24 bits per heavy atom. The molecule has 0 spiro atoms. The van der Waals surface area contributed by atoms with Crippen LogP contribution in [0.25, 0.3) is 22.8 Å². The number of anilines is 1. The molecule has 0 atom stereocenters. The summed E-state index contributed by atoms with van der Waals surface area (Å²) in [6.07, 6.45) is 3.08. The second kappa shape index (κ2) is 6.29. The van der Waals surface area contributed by atoms with Crippen LogP contribution in [0.2, 0.25) is 5.02 Å². The van der Waals surface area contributed by atoms with Crippen LogP contribution in [-0.4, -0.2) is 17.1 Å². The molecule has 1 aromatic carbocycles. The average molecular weight is 358 g/mol. The minimum atomic E-state index is -0.292. The summed E-state index contributed by atoms with van der Waals surface area (Å²) in [7, 11) is 0. The van der Waals surface area contributed by atoms with Gasteiger partial charge >= 0.3 is 0 Å². The highest BCUT2D eigenvalue weighted by Gasteiger charge is 2.28. The van der Waals surface area contributed by atoms with Gasteiger partial charge in [0.15, 0.2) is 11.5 Å². The Labute approximate surface area is 148 Å². The van der Waals surface area contributed by atoms with Gasteiger partial charge in [-0.15, -0.1) is 0 Å². The molecule has 1 aliphatic rings. The minimum absolute atomic E-state index is 0.0208. The maximum atomic E-state index is 12.5. The van der Waals surface area contributed by atoms with Gasteiger partial charge in [0, 0.05) is 16.6 Å². The van der Waals surface area contributed by atoms with Crippen molar-refractivity contribution in [2.75, 3.05) is 5.73 Å². The largest absolute Gasteiger partial charge is 0.454 e. The van der Waals surface area contributed by atoms with Crippen LogP contribution in [-0.2, 0) is 0 Å². The first kappa shape index (κ1) is 15.8. The predicted octanol–water partition coefficient (Wildman–Crippen LogP) is 4.12. The van der Waals surface area contributed by atoms with Crippen LogP contribution >= 0.6 is 11.6 Å². The molecule has 0 radical (unpaired) electrons. The van der Waals surface area contributed by atoms with E-state index in [0.29, 0.717) is 22.2 Å². The van der Waals surface area contributed by atoms with Crippen LogP contribution in [0.4, 0.5) is 5.88 Å². The Kier molecular flexibility index (Phi) is 3.97. The van der Waals surface area contributed by atoms with Gasteiger partial charge in [-0.2, -0.15) is 0 Å². The zero-order chi connectivity index (χ0) is 17.4. The van der Waals surface area contributed by atoms with Crippen molar-refractivity contribution in [2.24, 2.45) is 0 Å². The first-order valence-corrected chi connectivity index (χ1v) is 8.42. The number of rotatable bonds is 4. The Hall–Kier alpha value is -2.73. The quantitative estimate of drug-likeness (QED) is 0.732. The van der Waals surface area contributed by atoms with Crippen LogP contribution in [0.5, 0.6) is 0 Å². The topological polar surface area (TPSA) is 94.3 Å². The first-order valence-electron chi connectivity index (χ1n) is 8.04. The van der Waals surface area contributed by atoms with E-state index in [1.54, 1.807) is 24.3 Å². The zero-order valence-corrected chi connectivity index (χ0v) is 14.0. The van der Waals surface area contributed by atoms with Crippen molar-refractivity contribution in [1.82, 2.24) is 10.5 Å². The van der Waals surface area contributed by atoms with E-state index in [2.05, 4.69) is 10.5 Å². The van der Waals surface area contributed by atoms with Gasteiger partial charge in [0.05, 0.1) is 0 Å². The van der Waals surface area contributed by atoms with Crippen LogP contribution in [0.1, 0.15) is 29.6 Å². The third-order valence-electron chi connectivity index (χ3n) is 4.33. The maximum Gasteiger partial charge on any atom is 0.259 e. The summed E-state index contributed by atoms with van der Waals surface area (Å²) in [5, 5.41) is 7.45. The number of benzene rings is 1.